The molecule has 1 atom stereocenters. The fourth-order valence-electron chi connectivity index (χ4n) is 1.06. The molecule has 88 valence electrons. The van der Waals surface area contributed by atoms with E-state index in [9.17, 15) is 22.4 Å². The lowest BCUT2D eigenvalue weighted by atomic mass is 10.1. The zero-order valence-electron chi connectivity index (χ0n) is 7.62. The van der Waals surface area contributed by atoms with Crippen LogP contribution in [0.1, 0.15) is 17.2 Å². The highest BCUT2D eigenvalue weighted by atomic mass is 19.4. The summed E-state index contributed by atoms with van der Waals surface area (Å²) in [7, 11) is 0. The number of aliphatic hydroxyl groups is 1. The second kappa shape index (κ2) is 4.09. The third-order valence-electron chi connectivity index (χ3n) is 1.85. The number of hydrogen-bond donors (Lipinski definition) is 2. The summed E-state index contributed by atoms with van der Waals surface area (Å²) in [5, 5.41) is 17.3. The zero-order valence-corrected chi connectivity index (χ0v) is 7.62. The van der Waals surface area contributed by atoms with Crippen LogP contribution in [0.2, 0.25) is 0 Å². The molecule has 1 rings (SSSR count). The highest BCUT2D eigenvalue weighted by Crippen LogP contribution is 2.31. The maximum Gasteiger partial charge on any atom is 0.416 e. The molecular formula is C9H6F4O3. The molecule has 3 nitrogen and oxygen atoms in total. The first kappa shape index (κ1) is 12.4. The molecule has 0 spiro atoms. The van der Waals surface area contributed by atoms with Gasteiger partial charge >= 0.3 is 12.1 Å². The molecule has 7 heteroatoms. The summed E-state index contributed by atoms with van der Waals surface area (Å²) >= 11 is 0. The smallest absolute Gasteiger partial charge is 0.416 e. The first-order valence-corrected chi connectivity index (χ1v) is 4.01. The molecule has 0 radical (unpaired) electrons. The average Bonchev–Trinajstić information content (AvgIpc) is 2.15. The molecule has 0 amide bonds. The summed E-state index contributed by atoms with van der Waals surface area (Å²) in [6.07, 6.45) is -7.04. The lowest BCUT2D eigenvalue weighted by Crippen LogP contribution is -2.14. The van der Waals surface area contributed by atoms with Gasteiger partial charge in [-0.05, 0) is 18.2 Å². The molecule has 0 aromatic heterocycles. The van der Waals surface area contributed by atoms with Gasteiger partial charge in [0.25, 0.3) is 0 Å². The van der Waals surface area contributed by atoms with Crippen molar-refractivity contribution in [3.8, 4) is 0 Å². The highest BCUT2D eigenvalue weighted by Gasteiger charge is 2.32. The first-order chi connectivity index (χ1) is 7.23. The summed E-state index contributed by atoms with van der Waals surface area (Å²) in [4.78, 5) is 10.3. The summed E-state index contributed by atoms with van der Waals surface area (Å²) in [6.45, 7) is 0. The Balaban J connectivity index is 3.24. The molecule has 2 N–H and O–H groups in total. The summed E-state index contributed by atoms with van der Waals surface area (Å²) in [6, 6.07) is 1.20. The standard InChI is InChI=1S/C9H6F4O3/c10-6-2-1-4(9(11,12)13)3-5(6)7(14)8(15)16/h1-3,7,14H,(H,15,16). The fraction of sp³-hybridized carbons (Fsp3) is 0.222. The quantitative estimate of drug-likeness (QED) is 0.774. The van der Waals surface area contributed by atoms with Crippen molar-refractivity contribution < 1.29 is 32.6 Å². The van der Waals surface area contributed by atoms with E-state index in [1.807, 2.05) is 0 Å². The van der Waals surface area contributed by atoms with Gasteiger partial charge in [-0.15, -0.1) is 0 Å². The Morgan fingerprint density at radius 1 is 1.31 bits per heavy atom. The fourth-order valence-corrected chi connectivity index (χ4v) is 1.06. The van der Waals surface area contributed by atoms with Crippen LogP contribution in [0.15, 0.2) is 18.2 Å². The van der Waals surface area contributed by atoms with Crippen molar-refractivity contribution >= 4 is 5.97 Å². The number of aliphatic carboxylic acids is 1. The predicted molar refractivity (Wildman–Crippen MR) is 44.0 cm³/mol. The maximum atomic E-state index is 13.0. The van der Waals surface area contributed by atoms with Crippen LogP contribution >= 0.6 is 0 Å². The number of carboxylic acid groups (broad SMARTS) is 1. The van der Waals surface area contributed by atoms with E-state index in [0.29, 0.717) is 12.1 Å². The Morgan fingerprint density at radius 3 is 2.31 bits per heavy atom. The molecule has 0 aliphatic rings. The number of alkyl halides is 3. The summed E-state index contributed by atoms with van der Waals surface area (Å²) in [5.74, 6) is -3.03. The van der Waals surface area contributed by atoms with Gasteiger partial charge in [-0.3, -0.25) is 0 Å². The summed E-state index contributed by atoms with van der Waals surface area (Å²) < 4.78 is 49.6. The van der Waals surface area contributed by atoms with Gasteiger partial charge in [0.05, 0.1) is 5.56 Å². The number of halogens is 4. The van der Waals surface area contributed by atoms with Crippen molar-refractivity contribution in [1.82, 2.24) is 0 Å². The van der Waals surface area contributed by atoms with Crippen LogP contribution in [0.4, 0.5) is 17.6 Å². The number of carboxylic acids is 1. The zero-order chi connectivity index (χ0) is 12.5. The number of benzene rings is 1. The maximum absolute atomic E-state index is 13.0. The van der Waals surface area contributed by atoms with E-state index in [0.717, 1.165) is 0 Å². The molecule has 0 aliphatic heterocycles. The summed E-state index contributed by atoms with van der Waals surface area (Å²) in [5.41, 5.74) is -2.13. The van der Waals surface area contributed by atoms with Crippen molar-refractivity contribution in [1.29, 1.82) is 0 Å². The Kier molecular flexibility index (Phi) is 3.18. The third-order valence-corrected chi connectivity index (χ3v) is 1.85. The molecule has 0 heterocycles. The molecule has 1 aromatic carbocycles. The molecule has 1 unspecified atom stereocenters. The van der Waals surface area contributed by atoms with E-state index in [-0.39, 0.29) is 6.07 Å². The molecule has 1 aromatic rings. The van der Waals surface area contributed by atoms with Crippen molar-refractivity contribution in [2.45, 2.75) is 12.3 Å². The third kappa shape index (κ3) is 2.48. The molecule has 16 heavy (non-hydrogen) atoms. The molecule has 0 saturated carbocycles. The van der Waals surface area contributed by atoms with Crippen LogP contribution in [-0.2, 0) is 11.0 Å². The minimum atomic E-state index is -4.72. The van der Waals surface area contributed by atoms with Crippen LogP contribution in [0.5, 0.6) is 0 Å². The average molecular weight is 238 g/mol. The molecule has 0 aliphatic carbocycles. The van der Waals surface area contributed by atoms with E-state index < -0.39 is 35.2 Å². The number of hydrogen-bond acceptors (Lipinski definition) is 2. The van der Waals surface area contributed by atoms with Gasteiger partial charge in [0, 0.05) is 5.56 Å². The van der Waals surface area contributed by atoms with E-state index in [4.69, 9.17) is 10.2 Å². The van der Waals surface area contributed by atoms with Gasteiger partial charge in [-0.25, -0.2) is 9.18 Å². The van der Waals surface area contributed by atoms with Crippen LogP contribution < -0.4 is 0 Å². The Hall–Kier alpha value is -1.63. The molecule has 0 saturated heterocycles. The Labute approximate surface area is 86.9 Å². The topological polar surface area (TPSA) is 57.5 Å². The van der Waals surface area contributed by atoms with Crippen molar-refractivity contribution in [3.05, 3.63) is 35.1 Å². The van der Waals surface area contributed by atoms with Gasteiger partial charge in [0.15, 0.2) is 6.10 Å². The number of rotatable bonds is 2. The Morgan fingerprint density at radius 2 is 1.88 bits per heavy atom. The van der Waals surface area contributed by atoms with Crippen molar-refractivity contribution in [2.24, 2.45) is 0 Å². The van der Waals surface area contributed by atoms with Crippen molar-refractivity contribution in [3.63, 3.8) is 0 Å². The second-order valence-corrected chi connectivity index (χ2v) is 2.97. The van der Waals surface area contributed by atoms with Gasteiger partial charge < -0.3 is 10.2 Å². The van der Waals surface area contributed by atoms with Crippen molar-refractivity contribution in [2.75, 3.05) is 0 Å². The monoisotopic (exact) mass is 238 g/mol. The van der Waals surface area contributed by atoms with Crippen LogP contribution in [-0.4, -0.2) is 16.2 Å². The van der Waals surface area contributed by atoms with Crippen LogP contribution in [0.25, 0.3) is 0 Å². The van der Waals surface area contributed by atoms with Gasteiger partial charge in [-0.2, -0.15) is 13.2 Å². The van der Waals surface area contributed by atoms with Gasteiger partial charge in [0.2, 0.25) is 0 Å². The van der Waals surface area contributed by atoms with E-state index in [1.54, 1.807) is 0 Å². The second-order valence-electron chi connectivity index (χ2n) is 2.97. The van der Waals surface area contributed by atoms with Gasteiger partial charge in [0.1, 0.15) is 5.82 Å². The van der Waals surface area contributed by atoms with E-state index in [1.165, 1.54) is 0 Å². The highest BCUT2D eigenvalue weighted by molar-refractivity contribution is 5.74. The van der Waals surface area contributed by atoms with E-state index in [2.05, 4.69) is 0 Å². The Bertz CT molecular complexity index is 414. The SMILES string of the molecule is O=C(O)C(O)c1cc(C(F)(F)F)ccc1F. The number of aliphatic hydroxyl groups excluding tert-OH is 1. The lowest BCUT2D eigenvalue weighted by molar-refractivity contribution is -0.147. The number of carbonyl (C=O) groups is 1. The van der Waals surface area contributed by atoms with Crippen LogP contribution in [0, 0.1) is 5.82 Å². The lowest BCUT2D eigenvalue weighted by Gasteiger charge is -2.11. The van der Waals surface area contributed by atoms with E-state index >= 15 is 0 Å². The van der Waals surface area contributed by atoms with Gasteiger partial charge in [-0.1, -0.05) is 0 Å². The largest absolute Gasteiger partial charge is 0.479 e. The minimum absolute atomic E-state index is 0.272. The minimum Gasteiger partial charge on any atom is -0.479 e. The molecule has 0 bridgehead atoms. The first-order valence-electron chi connectivity index (χ1n) is 4.01. The normalized spacial score (nSPS) is 13.6. The van der Waals surface area contributed by atoms with Crippen LogP contribution in [0.3, 0.4) is 0 Å². The predicted octanol–water partition coefficient (Wildman–Crippen LogP) is 1.96. The molecule has 0 fully saturated rings. The molecular weight excluding hydrogens is 232 g/mol.